The summed E-state index contributed by atoms with van der Waals surface area (Å²) in [6.45, 7) is 3.99. The number of hydrogen-bond donors (Lipinski definition) is 1. The molecule has 0 amide bonds. The van der Waals surface area contributed by atoms with Crippen LogP contribution in [0.4, 0.5) is 5.82 Å². The van der Waals surface area contributed by atoms with Crippen LogP contribution in [0, 0.1) is 12.3 Å². The maximum Gasteiger partial charge on any atom is 0.155 e. The molecular formula is C23H24N6S. The first-order chi connectivity index (χ1) is 14.7. The van der Waals surface area contributed by atoms with E-state index in [-0.39, 0.29) is 11.5 Å². The quantitative estimate of drug-likeness (QED) is 0.535. The molecule has 1 aliphatic carbocycles. The van der Waals surface area contributed by atoms with Gasteiger partial charge in [-0.2, -0.15) is 5.10 Å². The van der Waals surface area contributed by atoms with Gasteiger partial charge in [0.1, 0.15) is 11.2 Å². The highest BCUT2D eigenvalue weighted by Gasteiger charge is 2.46. The van der Waals surface area contributed by atoms with Crippen LogP contribution < -0.4 is 10.6 Å². The molecule has 5 heterocycles. The third kappa shape index (κ3) is 2.55. The molecule has 2 aliphatic rings. The first kappa shape index (κ1) is 18.0. The van der Waals surface area contributed by atoms with Crippen molar-refractivity contribution in [3.8, 4) is 10.6 Å². The van der Waals surface area contributed by atoms with Crippen molar-refractivity contribution in [1.29, 1.82) is 0 Å². The van der Waals surface area contributed by atoms with E-state index in [1.165, 1.54) is 16.1 Å². The van der Waals surface area contributed by atoms with E-state index in [9.17, 15) is 0 Å². The molecule has 1 fully saturated rings. The van der Waals surface area contributed by atoms with Gasteiger partial charge in [0.15, 0.2) is 5.82 Å². The van der Waals surface area contributed by atoms with E-state index < -0.39 is 0 Å². The fourth-order valence-corrected chi connectivity index (χ4v) is 6.11. The summed E-state index contributed by atoms with van der Waals surface area (Å²) < 4.78 is 2.05. The number of nitrogens with zero attached hydrogens (tertiary/aromatic N) is 5. The van der Waals surface area contributed by atoms with Gasteiger partial charge in [0, 0.05) is 31.0 Å². The van der Waals surface area contributed by atoms with E-state index in [0.717, 1.165) is 55.1 Å². The van der Waals surface area contributed by atoms with Crippen LogP contribution in [-0.2, 0) is 6.42 Å². The standard InChI is InChI=1S/C23H24N6S/c1-15-20(19-5-3-13-30-19)29-18(6-10-26-29)22(27-15)28-11-7-23(8-12-28)14-17-16(21(23)24)4-2-9-25-17/h2-6,9-10,13,21H,7-8,11-12,14,24H2,1H3/t21-/m1/s1. The fraction of sp³-hybridized carbons (Fsp3) is 0.348. The van der Waals surface area contributed by atoms with E-state index in [2.05, 4.69) is 56.1 Å². The molecule has 1 aliphatic heterocycles. The van der Waals surface area contributed by atoms with Gasteiger partial charge in [0.25, 0.3) is 0 Å². The zero-order chi connectivity index (χ0) is 20.3. The van der Waals surface area contributed by atoms with Crippen LogP contribution in [0.3, 0.4) is 0 Å². The molecule has 0 aromatic carbocycles. The SMILES string of the molecule is Cc1nc(N2CCC3(CC2)Cc2ncccc2[C@H]3N)c2ccnn2c1-c1cccs1. The van der Waals surface area contributed by atoms with Gasteiger partial charge in [-0.3, -0.25) is 4.98 Å². The molecule has 30 heavy (non-hydrogen) atoms. The van der Waals surface area contributed by atoms with E-state index in [1.807, 2.05) is 18.5 Å². The highest BCUT2D eigenvalue weighted by atomic mass is 32.1. The lowest BCUT2D eigenvalue weighted by molar-refractivity contribution is 0.187. The number of thiophene rings is 1. The highest BCUT2D eigenvalue weighted by molar-refractivity contribution is 7.13. The summed E-state index contributed by atoms with van der Waals surface area (Å²) in [6.07, 6.45) is 6.86. The topological polar surface area (TPSA) is 72.3 Å². The van der Waals surface area contributed by atoms with Gasteiger partial charge >= 0.3 is 0 Å². The lowest BCUT2D eigenvalue weighted by Gasteiger charge is -2.42. The van der Waals surface area contributed by atoms with Crippen LogP contribution in [-0.4, -0.2) is 32.7 Å². The number of pyridine rings is 1. The van der Waals surface area contributed by atoms with Crippen LogP contribution in [0.25, 0.3) is 16.1 Å². The van der Waals surface area contributed by atoms with Crippen molar-refractivity contribution in [3.63, 3.8) is 0 Å². The summed E-state index contributed by atoms with van der Waals surface area (Å²) in [5, 5.41) is 6.73. The minimum Gasteiger partial charge on any atom is -0.355 e. The number of anilines is 1. The largest absolute Gasteiger partial charge is 0.355 e. The maximum absolute atomic E-state index is 6.73. The number of aryl methyl sites for hydroxylation is 1. The molecule has 6 nitrogen and oxygen atoms in total. The first-order valence-electron chi connectivity index (χ1n) is 10.5. The third-order valence-electron chi connectivity index (χ3n) is 6.95. The zero-order valence-corrected chi connectivity index (χ0v) is 17.8. The summed E-state index contributed by atoms with van der Waals surface area (Å²) >= 11 is 1.72. The second kappa shape index (κ2) is 6.62. The van der Waals surface area contributed by atoms with Crippen molar-refractivity contribution in [2.75, 3.05) is 18.0 Å². The number of hydrogen-bond acceptors (Lipinski definition) is 6. The minimum atomic E-state index is 0.0780. The van der Waals surface area contributed by atoms with Crippen LogP contribution >= 0.6 is 11.3 Å². The summed E-state index contributed by atoms with van der Waals surface area (Å²) in [7, 11) is 0. The van der Waals surface area contributed by atoms with Gasteiger partial charge in [-0.15, -0.1) is 11.3 Å². The summed E-state index contributed by atoms with van der Waals surface area (Å²) in [5.41, 5.74) is 12.4. The Labute approximate surface area is 179 Å². The molecule has 0 bridgehead atoms. The average Bonchev–Trinajstić information content (AvgIpc) is 3.50. The summed E-state index contributed by atoms with van der Waals surface area (Å²) in [5.74, 6) is 1.03. The van der Waals surface area contributed by atoms with Crippen molar-refractivity contribution < 1.29 is 0 Å². The van der Waals surface area contributed by atoms with E-state index in [1.54, 1.807) is 11.3 Å². The van der Waals surface area contributed by atoms with Crippen LogP contribution in [0.2, 0.25) is 0 Å². The molecule has 7 heteroatoms. The van der Waals surface area contributed by atoms with Crippen LogP contribution in [0.5, 0.6) is 0 Å². The number of aromatic nitrogens is 4. The number of fused-ring (bicyclic) bond motifs is 2. The molecule has 1 saturated heterocycles. The summed E-state index contributed by atoms with van der Waals surface area (Å²) in [6, 6.07) is 10.5. The molecule has 152 valence electrons. The Hall–Kier alpha value is -2.77. The molecule has 1 atom stereocenters. The van der Waals surface area contributed by atoms with Gasteiger partial charge in [-0.25, -0.2) is 9.50 Å². The van der Waals surface area contributed by atoms with Crippen molar-refractivity contribution >= 4 is 22.7 Å². The van der Waals surface area contributed by atoms with Crippen LogP contribution in [0.1, 0.15) is 35.8 Å². The Balaban J connectivity index is 1.32. The third-order valence-corrected chi connectivity index (χ3v) is 7.83. The molecule has 1 spiro atoms. The lowest BCUT2D eigenvalue weighted by Crippen LogP contribution is -2.44. The summed E-state index contributed by atoms with van der Waals surface area (Å²) in [4.78, 5) is 13.3. The van der Waals surface area contributed by atoms with Crippen molar-refractivity contribution in [2.45, 2.75) is 32.2 Å². The first-order valence-corrected chi connectivity index (χ1v) is 11.4. The predicted octanol–water partition coefficient (Wildman–Crippen LogP) is 4.00. The Kier molecular flexibility index (Phi) is 3.98. The number of rotatable bonds is 2. The molecule has 6 rings (SSSR count). The molecule has 4 aromatic rings. The lowest BCUT2D eigenvalue weighted by atomic mass is 9.73. The second-order valence-electron chi connectivity index (χ2n) is 8.52. The van der Waals surface area contributed by atoms with E-state index in [4.69, 9.17) is 10.7 Å². The monoisotopic (exact) mass is 416 g/mol. The average molecular weight is 417 g/mol. The molecule has 0 saturated carbocycles. The Morgan fingerprint density at radius 1 is 1.13 bits per heavy atom. The maximum atomic E-state index is 6.73. The minimum absolute atomic E-state index is 0.0780. The predicted molar refractivity (Wildman–Crippen MR) is 120 cm³/mol. The number of piperidine rings is 1. The Morgan fingerprint density at radius 3 is 2.77 bits per heavy atom. The normalized spacial score (nSPS) is 20.2. The van der Waals surface area contributed by atoms with Crippen molar-refractivity contribution in [2.24, 2.45) is 11.1 Å². The van der Waals surface area contributed by atoms with Crippen LogP contribution in [0.15, 0.2) is 48.1 Å². The van der Waals surface area contributed by atoms with Crippen molar-refractivity contribution in [1.82, 2.24) is 19.6 Å². The van der Waals surface area contributed by atoms with Gasteiger partial charge in [0.05, 0.1) is 16.8 Å². The van der Waals surface area contributed by atoms with Crippen molar-refractivity contribution in [3.05, 3.63) is 65.1 Å². The Morgan fingerprint density at radius 2 is 2.00 bits per heavy atom. The molecular weight excluding hydrogens is 392 g/mol. The fourth-order valence-electron chi connectivity index (χ4n) is 5.31. The highest BCUT2D eigenvalue weighted by Crippen LogP contribution is 2.50. The van der Waals surface area contributed by atoms with Gasteiger partial charge in [0.2, 0.25) is 0 Å². The van der Waals surface area contributed by atoms with Gasteiger partial charge in [-0.05, 0) is 60.7 Å². The zero-order valence-electron chi connectivity index (χ0n) is 17.0. The smallest absolute Gasteiger partial charge is 0.155 e. The second-order valence-corrected chi connectivity index (χ2v) is 9.47. The molecule has 0 unspecified atom stereocenters. The number of nitrogens with two attached hydrogens (primary N) is 1. The molecule has 0 radical (unpaired) electrons. The van der Waals surface area contributed by atoms with Gasteiger partial charge < -0.3 is 10.6 Å². The van der Waals surface area contributed by atoms with Gasteiger partial charge in [-0.1, -0.05) is 12.1 Å². The van der Waals surface area contributed by atoms with E-state index in [0.29, 0.717) is 0 Å². The molecule has 2 N–H and O–H groups in total. The van der Waals surface area contributed by atoms with E-state index >= 15 is 0 Å². The Bertz CT molecular complexity index is 1220. The molecule has 4 aromatic heterocycles.